The van der Waals surface area contributed by atoms with Gasteiger partial charge in [-0.25, -0.2) is 0 Å². The highest BCUT2D eigenvalue weighted by atomic mass is 35.5. The lowest BCUT2D eigenvalue weighted by molar-refractivity contribution is 0.816. The van der Waals surface area contributed by atoms with E-state index < -0.39 is 0 Å². The molecule has 0 bridgehead atoms. The molecule has 1 aromatic rings. The van der Waals surface area contributed by atoms with Crippen molar-refractivity contribution in [3.8, 4) is 0 Å². The van der Waals surface area contributed by atoms with E-state index in [0.29, 0.717) is 0 Å². The molecule has 0 heterocycles. The molecule has 0 spiro atoms. The zero-order chi connectivity index (χ0) is 9.30. The zero-order valence-corrected chi connectivity index (χ0v) is 8.44. The van der Waals surface area contributed by atoms with Gasteiger partial charge in [0.1, 0.15) is 0 Å². The van der Waals surface area contributed by atoms with Crippen LogP contribution in [0.2, 0.25) is 5.02 Å². The molecule has 12 heavy (non-hydrogen) atoms. The van der Waals surface area contributed by atoms with E-state index in [4.69, 9.17) is 17.3 Å². The molecular weight excluding hydrogens is 170 g/mol. The van der Waals surface area contributed by atoms with E-state index in [9.17, 15) is 0 Å². The SMILES string of the molecule is Cc1cc(Cl)c([C@@H](C)N)cc1C. The Hall–Kier alpha value is -0.530. The van der Waals surface area contributed by atoms with Gasteiger partial charge in [-0.3, -0.25) is 0 Å². The molecule has 0 saturated heterocycles. The van der Waals surface area contributed by atoms with Gasteiger partial charge in [-0.2, -0.15) is 0 Å². The van der Waals surface area contributed by atoms with Crippen LogP contribution >= 0.6 is 11.6 Å². The van der Waals surface area contributed by atoms with Crippen LogP contribution < -0.4 is 5.73 Å². The predicted molar refractivity (Wildman–Crippen MR) is 53.5 cm³/mol. The summed E-state index contributed by atoms with van der Waals surface area (Å²) in [4.78, 5) is 0. The Morgan fingerprint density at radius 1 is 1.25 bits per heavy atom. The summed E-state index contributed by atoms with van der Waals surface area (Å²) in [5, 5.41) is 0.771. The Morgan fingerprint density at radius 3 is 2.25 bits per heavy atom. The first-order valence-corrected chi connectivity index (χ1v) is 4.42. The first-order chi connectivity index (χ1) is 5.52. The van der Waals surface area contributed by atoms with Crippen LogP contribution in [-0.2, 0) is 0 Å². The average molecular weight is 184 g/mol. The van der Waals surface area contributed by atoms with Crippen molar-refractivity contribution in [1.29, 1.82) is 0 Å². The number of benzene rings is 1. The highest BCUT2D eigenvalue weighted by Crippen LogP contribution is 2.24. The van der Waals surface area contributed by atoms with Crippen molar-refractivity contribution >= 4 is 11.6 Å². The van der Waals surface area contributed by atoms with Gasteiger partial charge in [-0.15, -0.1) is 0 Å². The van der Waals surface area contributed by atoms with Crippen molar-refractivity contribution in [2.45, 2.75) is 26.8 Å². The van der Waals surface area contributed by atoms with Gasteiger partial charge in [0.2, 0.25) is 0 Å². The Kier molecular flexibility index (Phi) is 2.76. The summed E-state index contributed by atoms with van der Waals surface area (Å²) in [6, 6.07) is 4.04. The van der Waals surface area contributed by atoms with Gasteiger partial charge in [0.25, 0.3) is 0 Å². The highest BCUT2D eigenvalue weighted by molar-refractivity contribution is 6.31. The lowest BCUT2D eigenvalue weighted by Gasteiger charge is -2.10. The lowest BCUT2D eigenvalue weighted by atomic mass is 10.0. The molecule has 0 aliphatic carbocycles. The van der Waals surface area contributed by atoms with Gasteiger partial charge < -0.3 is 5.73 Å². The first kappa shape index (κ1) is 9.56. The topological polar surface area (TPSA) is 26.0 Å². The van der Waals surface area contributed by atoms with Crippen molar-refractivity contribution in [1.82, 2.24) is 0 Å². The van der Waals surface area contributed by atoms with Crippen LogP contribution in [0.5, 0.6) is 0 Å². The second-order valence-corrected chi connectivity index (χ2v) is 3.65. The van der Waals surface area contributed by atoms with E-state index in [0.717, 1.165) is 10.6 Å². The third-order valence-electron chi connectivity index (χ3n) is 2.10. The second kappa shape index (κ2) is 3.46. The summed E-state index contributed by atoms with van der Waals surface area (Å²) in [5.74, 6) is 0. The van der Waals surface area contributed by atoms with Crippen molar-refractivity contribution in [3.05, 3.63) is 33.8 Å². The monoisotopic (exact) mass is 183 g/mol. The largest absolute Gasteiger partial charge is 0.324 e. The Bertz CT molecular complexity index is 292. The van der Waals surface area contributed by atoms with E-state index in [1.54, 1.807) is 0 Å². The second-order valence-electron chi connectivity index (χ2n) is 3.25. The maximum absolute atomic E-state index is 6.02. The van der Waals surface area contributed by atoms with E-state index in [1.807, 2.05) is 19.9 Å². The van der Waals surface area contributed by atoms with Gasteiger partial charge in [-0.1, -0.05) is 17.7 Å². The summed E-state index contributed by atoms with van der Waals surface area (Å²) in [6.07, 6.45) is 0. The van der Waals surface area contributed by atoms with Crippen LogP contribution in [0.15, 0.2) is 12.1 Å². The smallest absolute Gasteiger partial charge is 0.0456 e. The molecule has 0 aliphatic heterocycles. The molecule has 1 nitrogen and oxygen atoms in total. The van der Waals surface area contributed by atoms with Gasteiger partial charge in [-0.05, 0) is 43.5 Å². The van der Waals surface area contributed by atoms with E-state index >= 15 is 0 Å². The molecule has 0 fully saturated rings. The third-order valence-corrected chi connectivity index (χ3v) is 2.43. The molecule has 0 unspecified atom stereocenters. The molecule has 0 aromatic heterocycles. The van der Waals surface area contributed by atoms with Gasteiger partial charge in [0.15, 0.2) is 0 Å². The molecule has 66 valence electrons. The fourth-order valence-corrected chi connectivity index (χ4v) is 1.54. The van der Waals surface area contributed by atoms with Crippen molar-refractivity contribution in [2.24, 2.45) is 5.73 Å². The third kappa shape index (κ3) is 1.79. The molecule has 0 amide bonds. The first-order valence-electron chi connectivity index (χ1n) is 4.04. The minimum Gasteiger partial charge on any atom is -0.324 e. The number of aryl methyl sites for hydroxylation is 2. The summed E-state index contributed by atoms with van der Waals surface area (Å²) >= 11 is 6.02. The molecule has 1 atom stereocenters. The standard InChI is InChI=1S/C10H14ClN/c1-6-4-9(8(3)12)10(11)5-7(6)2/h4-5,8H,12H2,1-3H3/t8-/m1/s1. The maximum atomic E-state index is 6.02. The molecular formula is C10H14ClN. The zero-order valence-electron chi connectivity index (χ0n) is 7.69. The van der Waals surface area contributed by atoms with Crippen molar-refractivity contribution in [2.75, 3.05) is 0 Å². The normalized spacial score (nSPS) is 13.1. The summed E-state index contributed by atoms with van der Waals surface area (Å²) in [7, 11) is 0. The molecule has 0 radical (unpaired) electrons. The van der Waals surface area contributed by atoms with Gasteiger partial charge in [0.05, 0.1) is 0 Å². The summed E-state index contributed by atoms with van der Waals surface area (Å²) in [5.41, 5.74) is 9.23. The van der Waals surface area contributed by atoms with Crippen LogP contribution in [-0.4, -0.2) is 0 Å². The van der Waals surface area contributed by atoms with Crippen LogP contribution in [0, 0.1) is 13.8 Å². The molecule has 2 N–H and O–H groups in total. The fourth-order valence-electron chi connectivity index (χ4n) is 1.15. The number of halogens is 1. The molecule has 0 aliphatic rings. The number of hydrogen-bond donors (Lipinski definition) is 1. The molecule has 1 aromatic carbocycles. The minimum absolute atomic E-state index is 0.0109. The summed E-state index contributed by atoms with van der Waals surface area (Å²) in [6.45, 7) is 6.06. The Balaban J connectivity index is 3.23. The molecule has 0 saturated carbocycles. The van der Waals surface area contributed by atoms with Gasteiger partial charge in [0, 0.05) is 11.1 Å². The van der Waals surface area contributed by atoms with Crippen molar-refractivity contribution < 1.29 is 0 Å². The minimum atomic E-state index is 0.0109. The Labute approximate surface area is 78.5 Å². The quantitative estimate of drug-likeness (QED) is 0.712. The fraction of sp³-hybridized carbons (Fsp3) is 0.400. The molecule has 1 rings (SSSR count). The number of nitrogens with two attached hydrogens (primary N) is 1. The Morgan fingerprint density at radius 2 is 1.75 bits per heavy atom. The maximum Gasteiger partial charge on any atom is 0.0456 e. The van der Waals surface area contributed by atoms with E-state index in [1.165, 1.54) is 11.1 Å². The van der Waals surface area contributed by atoms with Crippen molar-refractivity contribution in [3.63, 3.8) is 0 Å². The van der Waals surface area contributed by atoms with E-state index in [-0.39, 0.29) is 6.04 Å². The van der Waals surface area contributed by atoms with E-state index in [2.05, 4.69) is 13.0 Å². The average Bonchev–Trinajstić information content (AvgIpc) is 1.96. The molecule has 2 heteroatoms. The highest BCUT2D eigenvalue weighted by Gasteiger charge is 2.06. The van der Waals surface area contributed by atoms with Crippen LogP contribution in [0.25, 0.3) is 0 Å². The van der Waals surface area contributed by atoms with Crippen LogP contribution in [0.1, 0.15) is 29.7 Å². The number of rotatable bonds is 1. The lowest BCUT2D eigenvalue weighted by Crippen LogP contribution is -2.06. The van der Waals surface area contributed by atoms with Crippen LogP contribution in [0.3, 0.4) is 0 Å². The number of hydrogen-bond acceptors (Lipinski definition) is 1. The summed E-state index contributed by atoms with van der Waals surface area (Å²) < 4.78 is 0. The predicted octanol–water partition coefficient (Wildman–Crippen LogP) is 2.98. The van der Waals surface area contributed by atoms with Crippen LogP contribution in [0.4, 0.5) is 0 Å². The van der Waals surface area contributed by atoms with Gasteiger partial charge >= 0.3 is 0 Å².